The fraction of sp³-hybridized carbons (Fsp3) is 0.167. The zero-order valence-corrected chi connectivity index (χ0v) is 15.6. The number of amides is 1. The molecule has 1 amide bonds. The second-order valence-corrected chi connectivity index (χ2v) is 7.45. The number of halogens is 1. The topological polar surface area (TPSA) is 33.2 Å². The Morgan fingerprint density at radius 1 is 1.33 bits per heavy atom. The molecule has 3 nitrogen and oxygen atoms in total. The highest BCUT2D eigenvalue weighted by atomic mass is 35.5. The molecule has 0 aliphatic carbocycles. The first-order valence-corrected chi connectivity index (χ1v) is 9.08. The van der Waals surface area contributed by atoms with Crippen LogP contribution in [0.1, 0.15) is 18.1 Å². The van der Waals surface area contributed by atoms with Gasteiger partial charge in [0.2, 0.25) is 0 Å². The highest BCUT2D eigenvalue weighted by Gasteiger charge is 2.30. The largest absolute Gasteiger partial charge is 0.293 e. The smallest absolute Gasteiger partial charge is 0.266 e. The van der Waals surface area contributed by atoms with E-state index in [0.717, 1.165) is 27.4 Å². The third-order valence-electron chi connectivity index (χ3n) is 3.74. The molecule has 0 spiro atoms. The number of thioether (sulfide) groups is 1. The minimum Gasteiger partial charge on any atom is -0.293 e. The molecule has 0 unspecified atom stereocenters. The van der Waals surface area contributed by atoms with Crippen molar-refractivity contribution in [2.45, 2.75) is 13.8 Å². The van der Waals surface area contributed by atoms with E-state index in [1.807, 2.05) is 50.3 Å². The van der Waals surface area contributed by atoms with Crippen molar-refractivity contribution in [3.05, 3.63) is 57.6 Å². The van der Waals surface area contributed by atoms with Crippen molar-refractivity contribution in [2.75, 3.05) is 6.54 Å². The Morgan fingerprint density at radius 3 is 2.71 bits per heavy atom. The summed E-state index contributed by atoms with van der Waals surface area (Å²) in [5.41, 5.74) is 3.72. The number of aryl methyl sites for hydroxylation is 1. The van der Waals surface area contributed by atoms with Crippen molar-refractivity contribution in [3.63, 3.8) is 0 Å². The summed E-state index contributed by atoms with van der Waals surface area (Å²) >= 11 is 12.7. The van der Waals surface area contributed by atoms with Crippen LogP contribution in [0.5, 0.6) is 0 Å². The van der Waals surface area contributed by atoms with Gasteiger partial charge in [0.05, 0.1) is 10.6 Å². The Morgan fingerprint density at radius 2 is 2.12 bits per heavy atom. The maximum Gasteiger partial charge on any atom is 0.266 e. The molecule has 1 saturated heterocycles. The van der Waals surface area contributed by atoms with Crippen molar-refractivity contribution in [1.29, 1.82) is 0 Å². The molecule has 0 N–H and O–H groups in total. The molecule has 0 radical (unpaired) electrons. The SMILES string of the molecule is CCN1C(=O)/C(=C/c2ccc(-c3ccc(C)c(Cl)c3)nc2)SC1=S. The summed E-state index contributed by atoms with van der Waals surface area (Å²) in [4.78, 5) is 18.9. The molecule has 0 saturated carbocycles. The van der Waals surface area contributed by atoms with E-state index in [0.29, 0.717) is 15.8 Å². The van der Waals surface area contributed by atoms with Crippen LogP contribution in [-0.4, -0.2) is 26.7 Å². The number of pyridine rings is 1. The van der Waals surface area contributed by atoms with E-state index in [9.17, 15) is 4.79 Å². The second kappa shape index (κ2) is 7.05. The number of hydrogen-bond acceptors (Lipinski definition) is 4. The third-order valence-corrected chi connectivity index (χ3v) is 5.53. The predicted octanol–water partition coefficient (Wildman–Crippen LogP) is 4.93. The van der Waals surface area contributed by atoms with Crippen LogP contribution in [0.4, 0.5) is 0 Å². The molecule has 24 heavy (non-hydrogen) atoms. The van der Waals surface area contributed by atoms with E-state index >= 15 is 0 Å². The Bertz CT molecular complexity index is 847. The van der Waals surface area contributed by atoms with Crippen molar-refractivity contribution in [2.24, 2.45) is 0 Å². The van der Waals surface area contributed by atoms with Gasteiger partial charge in [-0.05, 0) is 43.2 Å². The normalized spacial score (nSPS) is 16.3. The Balaban J connectivity index is 1.85. The summed E-state index contributed by atoms with van der Waals surface area (Å²) in [7, 11) is 0. The molecule has 2 aromatic rings. The Hall–Kier alpha value is -1.69. The number of benzene rings is 1. The molecule has 122 valence electrons. The molecule has 3 rings (SSSR count). The predicted molar refractivity (Wildman–Crippen MR) is 105 cm³/mol. The number of carbonyl (C=O) groups is 1. The monoisotopic (exact) mass is 374 g/mol. The average molecular weight is 375 g/mol. The van der Waals surface area contributed by atoms with Gasteiger partial charge in [-0.15, -0.1) is 0 Å². The molecular weight excluding hydrogens is 360 g/mol. The van der Waals surface area contributed by atoms with Crippen LogP contribution >= 0.6 is 35.6 Å². The fourth-order valence-electron chi connectivity index (χ4n) is 2.34. The van der Waals surface area contributed by atoms with Crippen LogP contribution in [0, 0.1) is 6.92 Å². The molecular formula is C18H15ClN2OS2. The Kier molecular flexibility index (Phi) is 5.04. The molecule has 1 fully saturated rings. The average Bonchev–Trinajstić information content (AvgIpc) is 2.84. The maximum absolute atomic E-state index is 12.2. The first-order valence-electron chi connectivity index (χ1n) is 7.47. The van der Waals surface area contributed by atoms with Gasteiger partial charge in [-0.2, -0.15) is 0 Å². The van der Waals surface area contributed by atoms with E-state index in [4.69, 9.17) is 23.8 Å². The van der Waals surface area contributed by atoms with Gasteiger partial charge in [-0.1, -0.05) is 53.8 Å². The van der Waals surface area contributed by atoms with Gasteiger partial charge < -0.3 is 0 Å². The number of hydrogen-bond donors (Lipinski definition) is 0. The van der Waals surface area contributed by atoms with Crippen molar-refractivity contribution < 1.29 is 4.79 Å². The lowest BCUT2D eigenvalue weighted by Crippen LogP contribution is -2.27. The maximum atomic E-state index is 12.2. The minimum atomic E-state index is -0.0399. The quantitative estimate of drug-likeness (QED) is 0.563. The summed E-state index contributed by atoms with van der Waals surface area (Å²) in [6.45, 7) is 4.47. The number of carbonyl (C=O) groups excluding carboxylic acids is 1. The minimum absolute atomic E-state index is 0.0399. The van der Waals surface area contributed by atoms with Gasteiger partial charge in [0.15, 0.2) is 0 Å². The lowest BCUT2D eigenvalue weighted by molar-refractivity contribution is -0.121. The van der Waals surface area contributed by atoms with Gasteiger partial charge in [-0.25, -0.2) is 0 Å². The summed E-state index contributed by atoms with van der Waals surface area (Å²) in [5.74, 6) is -0.0399. The van der Waals surface area contributed by atoms with E-state index in [1.165, 1.54) is 11.8 Å². The standard InChI is InChI=1S/C18H15ClN2OS2/c1-3-21-17(22)16(24-18(21)23)8-12-5-7-15(20-10-12)13-6-4-11(2)14(19)9-13/h4-10H,3H2,1-2H3/b16-8-. The first-order chi connectivity index (χ1) is 11.5. The number of aromatic nitrogens is 1. The van der Waals surface area contributed by atoms with E-state index in [1.54, 1.807) is 11.1 Å². The van der Waals surface area contributed by atoms with Crippen LogP contribution in [0.3, 0.4) is 0 Å². The van der Waals surface area contributed by atoms with Gasteiger partial charge in [0.1, 0.15) is 4.32 Å². The number of likely N-dealkylation sites (N-methyl/N-ethyl adjacent to an activating group) is 1. The fourth-order valence-corrected chi connectivity index (χ4v) is 3.90. The molecule has 1 aliphatic rings. The summed E-state index contributed by atoms with van der Waals surface area (Å²) in [5, 5.41) is 0.724. The highest BCUT2D eigenvalue weighted by Crippen LogP contribution is 2.32. The molecule has 1 aromatic heterocycles. The van der Waals surface area contributed by atoms with Gasteiger partial charge in [-0.3, -0.25) is 14.7 Å². The lowest BCUT2D eigenvalue weighted by Gasteiger charge is -2.09. The van der Waals surface area contributed by atoms with Crippen molar-refractivity contribution >= 4 is 51.9 Å². The summed E-state index contributed by atoms with van der Waals surface area (Å²) < 4.78 is 0.604. The van der Waals surface area contributed by atoms with Crippen LogP contribution in [0.2, 0.25) is 5.02 Å². The van der Waals surface area contributed by atoms with E-state index < -0.39 is 0 Å². The van der Waals surface area contributed by atoms with Crippen molar-refractivity contribution in [1.82, 2.24) is 9.88 Å². The Labute approximate surface area is 155 Å². The summed E-state index contributed by atoms with van der Waals surface area (Å²) in [6.07, 6.45) is 3.58. The molecule has 6 heteroatoms. The molecule has 1 aliphatic heterocycles. The second-order valence-electron chi connectivity index (χ2n) is 5.37. The zero-order valence-electron chi connectivity index (χ0n) is 13.2. The van der Waals surface area contributed by atoms with Crippen LogP contribution in [0.15, 0.2) is 41.4 Å². The number of rotatable bonds is 3. The highest BCUT2D eigenvalue weighted by molar-refractivity contribution is 8.26. The van der Waals surface area contributed by atoms with Gasteiger partial charge in [0.25, 0.3) is 5.91 Å². The van der Waals surface area contributed by atoms with E-state index in [-0.39, 0.29) is 5.91 Å². The van der Waals surface area contributed by atoms with Crippen LogP contribution in [-0.2, 0) is 4.79 Å². The molecule has 2 heterocycles. The van der Waals surface area contributed by atoms with Gasteiger partial charge >= 0.3 is 0 Å². The first kappa shape index (κ1) is 17.1. The van der Waals surface area contributed by atoms with Crippen LogP contribution < -0.4 is 0 Å². The zero-order chi connectivity index (χ0) is 17.3. The summed E-state index contributed by atoms with van der Waals surface area (Å²) in [6, 6.07) is 9.74. The number of nitrogens with zero attached hydrogens (tertiary/aromatic N) is 2. The van der Waals surface area contributed by atoms with Gasteiger partial charge in [0, 0.05) is 23.3 Å². The lowest BCUT2D eigenvalue weighted by atomic mass is 10.1. The van der Waals surface area contributed by atoms with Crippen molar-refractivity contribution in [3.8, 4) is 11.3 Å². The molecule has 1 aromatic carbocycles. The molecule has 0 bridgehead atoms. The van der Waals surface area contributed by atoms with E-state index in [2.05, 4.69) is 4.98 Å². The number of thiocarbonyl (C=S) groups is 1. The van der Waals surface area contributed by atoms with Crippen LogP contribution in [0.25, 0.3) is 17.3 Å². The molecule has 0 atom stereocenters. The third kappa shape index (κ3) is 3.38.